The van der Waals surface area contributed by atoms with Gasteiger partial charge >= 0.3 is 0 Å². The number of hydrogen-bond acceptors (Lipinski definition) is 5. The van der Waals surface area contributed by atoms with Crippen molar-refractivity contribution in [1.82, 2.24) is 20.3 Å². The van der Waals surface area contributed by atoms with Crippen LogP contribution in [-0.4, -0.2) is 31.9 Å². The number of carbonyl (C=O) groups excluding carboxylic acids is 2. The van der Waals surface area contributed by atoms with E-state index in [1.807, 2.05) is 30.3 Å². The van der Waals surface area contributed by atoms with Crippen LogP contribution in [0.15, 0.2) is 60.7 Å². The lowest BCUT2D eigenvalue weighted by atomic mass is 10.2. The van der Waals surface area contributed by atoms with Gasteiger partial charge in [0.25, 0.3) is 11.8 Å². The number of nitrogens with zero attached hydrogens (tertiary/aromatic N) is 3. The number of benzene rings is 2. The lowest BCUT2D eigenvalue weighted by molar-refractivity contribution is 0.0975. The summed E-state index contributed by atoms with van der Waals surface area (Å²) in [6.07, 6.45) is 0. The number of carbonyl (C=O) groups is 2. The minimum absolute atomic E-state index is 0.00275. The quantitative estimate of drug-likeness (QED) is 0.579. The fourth-order valence-electron chi connectivity index (χ4n) is 2.37. The smallest absolute Gasteiger partial charge is 0.273 e. The zero-order valence-electron chi connectivity index (χ0n) is 14.1. The molecule has 0 saturated carbocycles. The Bertz CT molecular complexity index is 972. The molecule has 0 bridgehead atoms. The lowest BCUT2D eigenvalue weighted by Gasteiger charge is -2.12. The second kappa shape index (κ2) is 8.19. The molecule has 0 aliphatic heterocycles. The van der Waals surface area contributed by atoms with Crippen LogP contribution in [0.2, 0.25) is 0 Å². The zero-order valence-corrected chi connectivity index (χ0v) is 14.9. The van der Waals surface area contributed by atoms with Crippen molar-refractivity contribution >= 4 is 35.0 Å². The maximum absolute atomic E-state index is 12.2. The molecule has 0 aliphatic rings. The summed E-state index contributed by atoms with van der Waals surface area (Å²) in [5, 5.41) is 13.1. The largest absolute Gasteiger partial charge is 0.364 e. The summed E-state index contributed by atoms with van der Waals surface area (Å²) in [6.45, 7) is 0.346. The Kier molecular flexibility index (Phi) is 5.53. The summed E-state index contributed by atoms with van der Waals surface area (Å²) in [7, 11) is 0. The van der Waals surface area contributed by atoms with Crippen molar-refractivity contribution in [1.29, 1.82) is 0 Å². The first kappa shape index (κ1) is 18.2. The van der Waals surface area contributed by atoms with E-state index in [1.165, 1.54) is 4.68 Å². The molecule has 2 amide bonds. The minimum Gasteiger partial charge on any atom is -0.364 e. The second-order valence-electron chi connectivity index (χ2n) is 5.57. The summed E-state index contributed by atoms with van der Waals surface area (Å²) in [5.41, 5.74) is 6.69. The molecule has 0 saturated heterocycles. The van der Waals surface area contributed by atoms with Crippen LogP contribution in [0.4, 0.5) is 5.82 Å². The van der Waals surface area contributed by atoms with Crippen LogP contribution in [0.5, 0.6) is 0 Å². The standard InChI is InChI=1S/C18H16N6O2S/c19-15(25)14-16(24(23-22-14)11-12-7-3-1-4-8-12)20-18(27)21-17(26)13-9-5-2-6-10-13/h1-10H,11H2,(H2,19,25)(H2,20,21,26,27). The first-order valence-corrected chi connectivity index (χ1v) is 8.40. The third kappa shape index (κ3) is 4.53. The van der Waals surface area contributed by atoms with Crippen LogP contribution in [0.25, 0.3) is 0 Å². The Balaban J connectivity index is 1.78. The van der Waals surface area contributed by atoms with Gasteiger partial charge in [-0.15, -0.1) is 5.10 Å². The van der Waals surface area contributed by atoms with Gasteiger partial charge in [0.15, 0.2) is 16.6 Å². The number of thiocarbonyl (C=S) groups is 1. The van der Waals surface area contributed by atoms with Gasteiger partial charge in [-0.05, 0) is 29.9 Å². The highest BCUT2D eigenvalue weighted by molar-refractivity contribution is 7.80. The molecule has 1 aromatic heterocycles. The topological polar surface area (TPSA) is 115 Å². The van der Waals surface area contributed by atoms with Crippen LogP contribution in [0.3, 0.4) is 0 Å². The van der Waals surface area contributed by atoms with Crippen molar-refractivity contribution in [2.45, 2.75) is 6.54 Å². The maximum Gasteiger partial charge on any atom is 0.273 e. The van der Waals surface area contributed by atoms with Crippen LogP contribution < -0.4 is 16.4 Å². The highest BCUT2D eigenvalue weighted by Crippen LogP contribution is 2.14. The van der Waals surface area contributed by atoms with E-state index in [4.69, 9.17) is 18.0 Å². The monoisotopic (exact) mass is 380 g/mol. The molecule has 0 aliphatic carbocycles. The lowest BCUT2D eigenvalue weighted by Crippen LogP contribution is -2.35. The van der Waals surface area contributed by atoms with Crippen LogP contribution >= 0.6 is 12.2 Å². The number of aromatic nitrogens is 3. The van der Waals surface area contributed by atoms with Crippen LogP contribution in [-0.2, 0) is 6.54 Å². The summed E-state index contributed by atoms with van der Waals surface area (Å²) in [4.78, 5) is 23.9. The number of anilines is 1. The molecule has 3 aromatic rings. The molecule has 2 aromatic carbocycles. The molecule has 0 fully saturated rings. The molecular weight excluding hydrogens is 364 g/mol. The summed E-state index contributed by atoms with van der Waals surface area (Å²) in [6, 6.07) is 18.1. The molecule has 9 heteroatoms. The summed E-state index contributed by atoms with van der Waals surface area (Å²) in [5.74, 6) is -0.922. The maximum atomic E-state index is 12.2. The fourth-order valence-corrected chi connectivity index (χ4v) is 2.56. The van der Waals surface area contributed by atoms with Gasteiger partial charge in [-0.25, -0.2) is 4.68 Å². The van der Waals surface area contributed by atoms with E-state index in [-0.39, 0.29) is 22.5 Å². The average Bonchev–Trinajstić information content (AvgIpc) is 3.05. The van der Waals surface area contributed by atoms with Crippen molar-refractivity contribution in [2.24, 2.45) is 5.73 Å². The van der Waals surface area contributed by atoms with Crippen molar-refractivity contribution in [2.75, 3.05) is 5.32 Å². The fraction of sp³-hybridized carbons (Fsp3) is 0.0556. The van der Waals surface area contributed by atoms with Crippen molar-refractivity contribution < 1.29 is 9.59 Å². The van der Waals surface area contributed by atoms with Gasteiger partial charge in [0, 0.05) is 5.56 Å². The van der Waals surface area contributed by atoms with E-state index in [1.54, 1.807) is 30.3 Å². The Morgan fingerprint density at radius 2 is 1.67 bits per heavy atom. The van der Waals surface area contributed by atoms with E-state index in [2.05, 4.69) is 20.9 Å². The number of primary amides is 1. The summed E-state index contributed by atoms with van der Waals surface area (Å²) >= 11 is 5.18. The Morgan fingerprint density at radius 3 is 2.30 bits per heavy atom. The number of nitrogens with two attached hydrogens (primary N) is 1. The van der Waals surface area contributed by atoms with Crippen molar-refractivity contribution in [3.63, 3.8) is 0 Å². The summed E-state index contributed by atoms with van der Waals surface area (Å²) < 4.78 is 1.45. The van der Waals surface area contributed by atoms with E-state index in [0.29, 0.717) is 12.1 Å². The van der Waals surface area contributed by atoms with Gasteiger partial charge in [0.1, 0.15) is 0 Å². The molecule has 1 heterocycles. The van der Waals surface area contributed by atoms with Crippen LogP contribution in [0, 0.1) is 0 Å². The van der Waals surface area contributed by atoms with Gasteiger partial charge in [0.05, 0.1) is 6.54 Å². The molecular formula is C18H16N6O2S. The van der Waals surface area contributed by atoms with E-state index in [0.717, 1.165) is 5.56 Å². The normalized spacial score (nSPS) is 10.2. The van der Waals surface area contributed by atoms with Gasteiger partial charge in [-0.1, -0.05) is 53.7 Å². The number of nitrogens with one attached hydrogen (secondary N) is 2. The molecule has 0 unspecified atom stereocenters. The van der Waals surface area contributed by atoms with Gasteiger partial charge < -0.3 is 11.1 Å². The Morgan fingerprint density at radius 1 is 1.04 bits per heavy atom. The average molecular weight is 380 g/mol. The minimum atomic E-state index is -0.756. The van der Waals surface area contributed by atoms with Gasteiger partial charge in [-0.2, -0.15) is 0 Å². The Hall–Kier alpha value is -3.59. The van der Waals surface area contributed by atoms with Gasteiger partial charge in [0.2, 0.25) is 0 Å². The zero-order chi connectivity index (χ0) is 19.2. The Labute approximate surface area is 160 Å². The molecule has 8 nitrogen and oxygen atoms in total. The number of amides is 2. The number of rotatable bonds is 5. The predicted molar refractivity (Wildman–Crippen MR) is 104 cm³/mol. The van der Waals surface area contributed by atoms with Crippen molar-refractivity contribution in [3.05, 3.63) is 77.5 Å². The first-order valence-electron chi connectivity index (χ1n) is 7.99. The molecule has 4 N–H and O–H groups in total. The van der Waals surface area contributed by atoms with Crippen molar-refractivity contribution in [3.8, 4) is 0 Å². The van der Waals surface area contributed by atoms with Gasteiger partial charge in [-0.3, -0.25) is 14.9 Å². The van der Waals surface area contributed by atoms with E-state index >= 15 is 0 Å². The molecule has 0 atom stereocenters. The van der Waals surface area contributed by atoms with E-state index in [9.17, 15) is 9.59 Å². The molecule has 3 rings (SSSR count). The molecule has 0 spiro atoms. The SMILES string of the molecule is NC(=O)c1nnn(Cc2ccccc2)c1NC(=S)NC(=O)c1ccccc1. The molecule has 0 radical (unpaired) electrons. The highest BCUT2D eigenvalue weighted by Gasteiger charge is 2.19. The van der Waals surface area contributed by atoms with E-state index < -0.39 is 5.91 Å². The molecule has 136 valence electrons. The first-order chi connectivity index (χ1) is 13.0. The second-order valence-corrected chi connectivity index (χ2v) is 5.98. The highest BCUT2D eigenvalue weighted by atomic mass is 32.1. The number of hydrogen-bond donors (Lipinski definition) is 3. The third-order valence-electron chi connectivity index (χ3n) is 3.64. The third-order valence-corrected chi connectivity index (χ3v) is 3.84. The molecule has 27 heavy (non-hydrogen) atoms. The predicted octanol–water partition coefficient (Wildman–Crippen LogP) is 1.55. The van der Waals surface area contributed by atoms with Crippen LogP contribution in [0.1, 0.15) is 26.4 Å².